The SMILES string of the molecule is CC(C)Oc1cccc(CCCNC(=O)[C@H](C)Oc2ccccc2Cl)c1. The van der Waals surface area contributed by atoms with Crippen molar-refractivity contribution in [1.29, 1.82) is 0 Å². The zero-order valence-corrected chi connectivity index (χ0v) is 16.3. The van der Waals surface area contributed by atoms with Crippen LogP contribution in [0.25, 0.3) is 0 Å². The fraction of sp³-hybridized carbons (Fsp3) is 0.381. The molecule has 1 amide bonds. The van der Waals surface area contributed by atoms with Crippen molar-refractivity contribution in [2.45, 2.75) is 45.8 Å². The van der Waals surface area contributed by atoms with Gasteiger partial charge in [-0.3, -0.25) is 4.79 Å². The maximum atomic E-state index is 12.1. The van der Waals surface area contributed by atoms with Crippen LogP contribution in [0, 0.1) is 0 Å². The van der Waals surface area contributed by atoms with E-state index < -0.39 is 6.10 Å². The van der Waals surface area contributed by atoms with Crippen LogP contribution in [0.2, 0.25) is 5.02 Å². The lowest BCUT2D eigenvalue weighted by atomic mass is 10.1. The molecule has 1 N–H and O–H groups in total. The molecule has 0 aromatic heterocycles. The van der Waals surface area contributed by atoms with Gasteiger partial charge >= 0.3 is 0 Å². The first kappa shape index (κ1) is 20.1. The van der Waals surface area contributed by atoms with Crippen LogP contribution in [0.3, 0.4) is 0 Å². The third-order valence-corrected chi connectivity index (χ3v) is 4.03. The lowest BCUT2D eigenvalue weighted by Crippen LogP contribution is -2.37. The van der Waals surface area contributed by atoms with Crippen LogP contribution >= 0.6 is 11.6 Å². The minimum absolute atomic E-state index is 0.151. The highest BCUT2D eigenvalue weighted by Gasteiger charge is 2.15. The molecule has 0 heterocycles. The van der Waals surface area contributed by atoms with E-state index in [2.05, 4.69) is 11.4 Å². The number of amides is 1. The Bertz CT molecular complexity index is 718. The Hall–Kier alpha value is -2.20. The van der Waals surface area contributed by atoms with Gasteiger partial charge in [-0.05, 0) is 63.4 Å². The molecular weight excluding hydrogens is 350 g/mol. The lowest BCUT2D eigenvalue weighted by Gasteiger charge is -2.15. The van der Waals surface area contributed by atoms with E-state index in [4.69, 9.17) is 21.1 Å². The first-order valence-corrected chi connectivity index (χ1v) is 9.28. The number of ether oxygens (including phenoxy) is 2. The van der Waals surface area contributed by atoms with Crippen LogP contribution in [0.1, 0.15) is 32.8 Å². The first-order chi connectivity index (χ1) is 12.5. The van der Waals surface area contributed by atoms with Gasteiger partial charge in [-0.2, -0.15) is 0 Å². The van der Waals surface area contributed by atoms with E-state index in [-0.39, 0.29) is 12.0 Å². The summed E-state index contributed by atoms with van der Waals surface area (Å²) in [6, 6.07) is 15.2. The molecule has 2 aromatic rings. The van der Waals surface area contributed by atoms with Crippen molar-refractivity contribution < 1.29 is 14.3 Å². The zero-order valence-electron chi connectivity index (χ0n) is 15.5. The second kappa shape index (κ2) is 10.1. The molecule has 0 radical (unpaired) electrons. The van der Waals surface area contributed by atoms with E-state index in [1.54, 1.807) is 19.1 Å². The number of carbonyl (C=O) groups excluding carboxylic acids is 1. The number of rotatable bonds is 9. The van der Waals surface area contributed by atoms with E-state index >= 15 is 0 Å². The number of benzene rings is 2. The Morgan fingerprint density at radius 2 is 1.85 bits per heavy atom. The second-order valence-electron chi connectivity index (χ2n) is 6.40. The highest BCUT2D eigenvalue weighted by Crippen LogP contribution is 2.24. The number of para-hydroxylation sites is 1. The summed E-state index contributed by atoms with van der Waals surface area (Å²) in [6.45, 7) is 6.32. The molecule has 140 valence electrons. The highest BCUT2D eigenvalue weighted by atomic mass is 35.5. The van der Waals surface area contributed by atoms with Crippen molar-refractivity contribution in [3.8, 4) is 11.5 Å². The van der Waals surface area contributed by atoms with Gasteiger partial charge in [-0.15, -0.1) is 0 Å². The van der Waals surface area contributed by atoms with Gasteiger partial charge in [-0.1, -0.05) is 35.9 Å². The number of hydrogen-bond donors (Lipinski definition) is 1. The van der Waals surface area contributed by atoms with Crippen LogP contribution in [0.15, 0.2) is 48.5 Å². The minimum Gasteiger partial charge on any atom is -0.491 e. The normalized spacial score (nSPS) is 11.9. The molecule has 0 fully saturated rings. The third-order valence-electron chi connectivity index (χ3n) is 3.72. The first-order valence-electron chi connectivity index (χ1n) is 8.90. The lowest BCUT2D eigenvalue weighted by molar-refractivity contribution is -0.127. The Morgan fingerprint density at radius 1 is 1.08 bits per heavy atom. The van der Waals surface area contributed by atoms with Gasteiger partial charge < -0.3 is 14.8 Å². The van der Waals surface area contributed by atoms with Crippen LogP contribution in [0.4, 0.5) is 0 Å². The Kier molecular flexibility index (Phi) is 7.79. The van der Waals surface area contributed by atoms with Crippen LogP contribution in [-0.2, 0) is 11.2 Å². The van der Waals surface area contributed by atoms with Gasteiger partial charge in [0.2, 0.25) is 0 Å². The summed E-state index contributed by atoms with van der Waals surface area (Å²) in [7, 11) is 0. The van der Waals surface area contributed by atoms with Gasteiger partial charge in [0.1, 0.15) is 11.5 Å². The summed E-state index contributed by atoms with van der Waals surface area (Å²) < 4.78 is 11.3. The van der Waals surface area contributed by atoms with E-state index in [1.165, 1.54) is 5.56 Å². The average molecular weight is 376 g/mol. The van der Waals surface area contributed by atoms with Crippen molar-refractivity contribution in [2.24, 2.45) is 0 Å². The fourth-order valence-corrected chi connectivity index (χ4v) is 2.66. The van der Waals surface area contributed by atoms with E-state index in [0.717, 1.165) is 18.6 Å². The molecule has 2 rings (SSSR count). The summed E-state index contributed by atoms with van der Waals surface area (Å²) >= 11 is 6.04. The standard InChI is InChI=1S/C21H26ClNO3/c1-15(2)25-18-10-6-8-17(14-18)9-7-13-23-21(24)16(3)26-20-12-5-4-11-19(20)22/h4-6,8,10-12,14-16H,7,9,13H2,1-3H3,(H,23,24)/t16-/m0/s1. The number of aryl methyl sites for hydroxylation is 1. The monoisotopic (exact) mass is 375 g/mol. The highest BCUT2D eigenvalue weighted by molar-refractivity contribution is 6.32. The largest absolute Gasteiger partial charge is 0.491 e. The number of halogens is 1. The number of hydrogen-bond acceptors (Lipinski definition) is 3. The quantitative estimate of drug-likeness (QED) is 0.649. The van der Waals surface area contributed by atoms with E-state index in [9.17, 15) is 4.79 Å². The van der Waals surface area contributed by atoms with E-state index in [1.807, 2.05) is 44.2 Å². The van der Waals surface area contributed by atoms with Crippen LogP contribution in [-0.4, -0.2) is 24.7 Å². The molecule has 0 unspecified atom stereocenters. The fourth-order valence-electron chi connectivity index (χ4n) is 2.48. The van der Waals surface area contributed by atoms with Crippen LogP contribution < -0.4 is 14.8 Å². The predicted molar refractivity (Wildman–Crippen MR) is 105 cm³/mol. The minimum atomic E-state index is -0.599. The molecule has 0 saturated carbocycles. The van der Waals surface area contributed by atoms with Crippen molar-refractivity contribution in [2.75, 3.05) is 6.54 Å². The molecule has 0 saturated heterocycles. The summed E-state index contributed by atoms with van der Waals surface area (Å²) in [5.74, 6) is 1.24. The maximum Gasteiger partial charge on any atom is 0.260 e. The van der Waals surface area contributed by atoms with Gasteiger partial charge in [-0.25, -0.2) is 0 Å². The zero-order chi connectivity index (χ0) is 18.9. The second-order valence-corrected chi connectivity index (χ2v) is 6.81. The summed E-state index contributed by atoms with van der Waals surface area (Å²) in [5, 5.41) is 3.40. The Balaban J connectivity index is 1.73. The molecule has 5 heteroatoms. The van der Waals surface area contributed by atoms with Crippen molar-refractivity contribution in [1.82, 2.24) is 5.32 Å². The molecule has 0 aliphatic carbocycles. The van der Waals surface area contributed by atoms with Crippen molar-refractivity contribution in [3.63, 3.8) is 0 Å². The molecule has 1 atom stereocenters. The molecule has 0 aliphatic rings. The van der Waals surface area contributed by atoms with Crippen molar-refractivity contribution in [3.05, 3.63) is 59.1 Å². The maximum absolute atomic E-state index is 12.1. The molecule has 0 spiro atoms. The average Bonchev–Trinajstić information content (AvgIpc) is 2.60. The van der Waals surface area contributed by atoms with Crippen molar-refractivity contribution >= 4 is 17.5 Å². The summed E-state index contributed by atoms with van der Waals surface area (Å²) in [4.78, 5) is 12.1. The molecule has 4 nitrogen and oxygen atoms in total. The Labute approximate surface area is 160 Å². The summed E-state index contributed by atoms with van der Waals surface area (Å²) in [6.07, 6.45) is 1.27. The topological polar surface area (TPSA) is 47.6 Å². The van der Waals surface area contributed by atoms with Gasteiger partial charge in [0, 0.05) is 6.54 Å². The molecule has 26 heavy (non-hydrogen) atoms. The van der Waals surface area contributed by atoms with Gasteiger partial charge in [0.15, 0.2) is 6.10 Å². The molecule has 2 aromatic carbocycles. The van der Waals surface area contributed by atoms with E-state index in [0.29, 0.717) is 17.3 Å². The van der Waals surface area contributed by atoms with Crippen LogP contribution in [0.5, 0.6) is 11.5 Å². The Morgan fingerprint density at radius 3 is 2.58 bits per heavy atom. The predicted octanol–water partition coefficient (Wildman–Crippen LogP) is 4.64. The molecule has 0 aliphatic heterocycles. The number of carbonyl (C=O) groups is 1. The molecular formula is C21H26ClNO3. The van der Waals surface area contributed by atoms with Gasteiger partial charge in [0.05, 0.1) is 11.1 Å². The number of nitrogens with one attached hydrogen (secondary N) is 1. The third kappa shape index (κ3) is 6.60. The molecule has 0 bridgehead atoms. The smallest absolute Gasteiger partial charge is 0.260 e. The summed E-state index contributed by atoms with van der Waals surface area (Å²) in [5.41, 5.74) is 1.19. The van der Waals surface area contributed by atoms with Gasteiger partial charge in [0.25, 0.3) is 5.91 Å².